The number of fused-ring (bicyclic) bond motifs is 1. The van der Waals surface area contributed by atoms with Gasteiger partial charge in [-0.15, -0.1) is 0 Å². The van der Waals surface area contributed by atoms with Gasteiger partial charge in [-0.1, -0.05) is 32.9 Å². The highest BCUT2D eigenvalue weighted by Crippen LogP contribution is 2.59. The van der Waals surface area contributed by atoms with Crippen molar-refractivity contribution in [2.24, 2.45) is 22.7 Å². The minimum Gasteiger partial charge on any atom is -0.396 e. The van der Waals surface area contributed by atoms with Crippen molar-refractivity contribution in [3.05, 3.63) is 12.2 Å². The van der Waals surface area contributed by atoms with Crippen LogP contribution in [-0.4, -0.2) is 22.9 Å². The van der Waals surface area contributed by atoms with E-state index in [0.29, 0.717) is 11.8 Å². The zero-order valence-corrected chi connectivity index (χ0v) is 12.1. The lowest BCUT2D eigenvalue weighted by Gasteiger charge is -2.58. The molecule has 18 heavy (non-hydrogen) atoms. The molecule has 0 aliphatic heterocycles. The molecule has 2 saturated carbocycles. The molecule has 2 fully saturated rings. The van der Waals surface area contributed by atoms with Crippen molar-refractivity contribution in [2.45, 2.75) is 59.0 Å². The van der Waals surface area contributed by atoms with Crippen LogP contribution in [0.5, 0.6) is 0 Å². The van der Waals surface area contributed by atoms with Crippen LogP contribution in [0.4, 0.5) is 0 Å². The van der Waals surface area contributed by atoms with Gasteiger partial charge in [0.25, 0.3) is 0 Å². The second-order valence-electron chi connectivity index (χ2n) is 7.10. The number of aliphatic hydroxyl groups is 2. The van der Waals surface area contributed by atoms with Crippen molar-refractivity contribution in [1.82, 2.24) is 0 Å². The van der Waals surface area contributed by atoms with Gasteiger partial charge in [-0.05, 0) is 49.4 Å². The number of hydrogen-bond donors (Lipinski definition) is 2. The summed E-state index contributed by atoms with van der Waals surface area (Å²) in [5.74, 6) is 0.980. The van der Waals surface area contributed by atoms with Crippen LogP contribution in [0.15, 0.2) is 12.2 Å². The number of allylic oxidation sites excluding steroid dienone is 1. The average Bonchev–Trinajstić information content (AvgIpc) is 2.34. The van der Waals surface area contributed by atoms with Gasteiger partial charge in [0.2, 0.25) is 0 Å². The molecule has 0 heterocycles. The summed E-state index contributed by atoms with van der Waals surface area (Å²) in [6, 6.07) is 0. The van der Waals surface area contributed by atoms with E-state index in [1.807, 2.05) is 0 Å². The molecule has 0 aromatic carbocycles. The molecule has 0 aromatic heterocycles. The van der Waals surface area contributed by atoms with Crippen LogP contribution >= 0.6 is 0 Å². The Hall–Kier alpha value is -0.340. The lowest BCUT2D eigenvalue weighted by Crippen LogP contribution is -2.55. The van der Waals surface area contributed by atoms with Crippen molar-refractivity contribution in [1.29, 1.82) is 0 Å². The lowest BCUT2D eigenvalue weighted by molar-refractivity contribution is -0.141. The van der Waals surface area contributed by atoms with Gasteiger partial charge < -0.3 is 10.2 Å². The van der Waals surface area contributed by atoms with Crippen molar-refractivity contribution >= 4 is 0 Å². The standard InChI is InChI=1S/C16H28O2/c1-5-12-8-13-15(3,9-11(12)2)7-6-14(18)16(13,4)10-17/h12-14,17-18H,2,5-10H2,1,3-4H3. The summed E-state index contributed by atoms with van der Waals surface area (Å²) >= 11 is 0. The topological polar surface area (TPSA) is 40.5 Å². The predicted octanol–water partition coefficient (Wildman–Crippen LogP) is 3.14. The van der Waals surface area contributed by atoms with Crippen molar-refractivity contribution in [3.63, 3.8) is 0 Å². The van der Waals surface area contributed by atoms with Gasteiger partial charge in [0.15, 0.2) is 0 Å². The summed E-state index contributed by atoms with van der Waals surface area (Å²) in [6.07, 6.45) is 4.80. The Morgan fingerprint density at radius 1 is 1.39 bits per heavy atom. The predicted molar refractivity (Wildman–Crippen MR) is 74.2 cm³/mol. The van der Waals surface area contributed by atoms with Gasteiger partial charge >= 0.3 is 0 Å². The number of hydrogen-bond acceptors (Lipinski definition) is 2. The molecule has 2 rings (SSSR count). The second-order valence-corrected chi connectivity index (χ2v) is 7.10. The van der Waals surface area contributed by atoms with Crippen LogP contribution in [0.3, 0.4) is 0 Å². The fourth-order valence-electron chi connectivity index (χ4n) is 4.55. The summed E-state index contributed by atoms with van der Waals surface area (Å²) in [5.41, 5.74) is 1.27. The zero-order valence-electron chi connectivity index (χ0n) is 12.1. The van der Waals surface area contributed by atoms with Crippen LogP contribution in [-0.2, 0) is 0 Å². The van der Waals surface area contributed by atoms with Crippen LogP contribution in [0.1, 0.15) is 52.9 Å². The van der Waals surface area contributed by atoms with Gasteiger partial charge in [0.05, 0.1) is 12.7 Å². The fourth-order valence-corrected chi connectivity index (χ4v) is 4.55. The van der Waals surface area contributed by atoms with E-state index in [4.69, 9.17) is 0 Å². The van der Waals surface area contributed by atoms with E-state index in [1.54, 1.807) is 0 Å². The Balaban J connectivity index is 2.33. The van der Waals surface area contributed by atoms with Crippen LogP contribution in [0.25, 0.3) is 0 Å². The summed E-state index contributed by atoms with van der Waals surface area (Å²) in [5, 5.41) is 20.1. The first-order valence-electron chi connectivity index (χ1n) is 7.34. The average molecular weight is 252 g/mol. The smallest absolute Gasteiger partial charge is 0.0618 e. The van der Waals surface area contributed by atoms with E-state index in [9.17, 15) is 10.2 Å². The number of aliphatic hydroxyl groups excluding tert-OH is 2. The molecule has 2 heteroatoms. The maximum atomic E-state index is 10.3. The molecule has 5 atom stereocenters. The largest absolute Gasteiger partial charge is 0.396 e. The monoisotopic (exact) mass is 252 g/mol. The molecular weight excluding hydrogens is 224 g/mol. The molecule has 0 aromatic rings. The molecule has 2 aliphatic rings. The fraction of sp³-hybridized carbons (Fsp3) is 0.875. The highest BCUT2D eigenvalue weighted by Gasteiger charge is 2.55. The Labute approximate surface area is 111 Å². The van der Waals surface area contributed by atoms with Crippen LogP contribution in [0.2, 0.25) is 0 Å². The maximum Gasteiger partial charge on any atom is 0.0618 e. The van der Waals surface area contributed by atoms with E-state index in [-0.39, 0.29) is 23.5 Å². The molecule has 104 valence electrons. The number of rotatable bonds is 2. The first-order chi connectivity index (χ1) is 8.37. The van der Waals surface area contributed by atoms with Crippen LogP contribution < -0.4 is 0 Å². The SMILES string of the molecule is C=C1CC2(C)CCC(O)C(C)(CO)C2CC1CC. The van der Waals surface area contributed by atoms with Gasteiger partial charge in [-0.25, -0.2) is 0 Å². The van der Waals surface area contributed by atoms with E-state index >= 15 is 0 Å². The highest BCUT2D eigenvalue weighted by atomic mass is 16.3. The third-order valence-electron chi connectivity index (χ3n) is 5.95. The van der Waals surface area contributed by atoms with E-state index in [1.165, 1.54) is 5.57 Å². The first kappa shape index (κ1) is 14.1. The molecule has 0 amide bonds. The lowest BCUT2D eigenvalue weighted by atomic mass is 9.48. The van der Waals surface area contributed by atoms with Gasteiger partial charge in [0.1, 0.15) is 0 Å². The Kier molecular flexibility index (Phi) is 3.63. The summed E-state index contributed by atoms with van der Waals surface area (Å²) < 4.78 is 0. The quantitative estimate of drug-likeness (QED) is 0.741. The molecule has 0 radical (unpaired) electrons. The minimum atomic E-state index is -0.357. The van der Waals surface area contributed by atoms with Crippen LogP contribution in [0, 0.1) is 22.7 Å². The van der Waals surface area contributed by atoms with Crippen molar-refractivity contribution in [3.8, 4) is 0 Å². The highest BCUT2D eigenvalue weighted by molar-refractivity contribution is 5.15. The van der Waals surface area contributed by atoms with E-state index in [2.05, 4.69) is 27.4 Å². The first-order valence-corrected chi connectivity index (χ1v) is 7.34. The molecule has 2 aliphatic carbocycles. The summed E-state index contributed by atoms with van der Waals surface area (Å²) in [7, 11) is 0. The van der Waals surface area contributed by atoms with Crippen molar-refractivity contribution in [2.75, 3.05) is 6.61 Å². The molecule has 2 N–H and O–H groups in total. The third kappa shape index (κ3) is 1.94. The molecule has 0 saturated heterocycles. The van der Waals surface area contributed by atoms with Gasteiger partial charge in [0, 0.05) is 5.41 Å². The van der Waals surface area contributed by atoms with E-state index < -0.39 is 0 Å². The molecule has 5 unspecified atom stereocenters. The molecule has 2 nitrogen and oxygen atoms in total. The zero-order chi connectivity index (χ0) is 13.6. The summed E-state index contributed by atoms with van der Waals surface area (Å²) in [6.45, 7) is 11.0. The second kappa shape index (κ2) is 4.64. The van der Waals surface area contributed by atoms with Gasteiger partial charge in [-0.3, -0.25) is 0 Å². The molecule has 0 spiro atoms. The normalized spacial score (nSPS) is 48.9. The van der Waals surface area contributed by atoms with E-state index in [0.717, 1.165) is 32.1 Å². The third-order valence-corrected chi connectivity index (χ3v) is 5.95. The Morgan fingerprint density at radius 2 is 2.06 bits per heavy atom. The Bertz CT molecular complexity index is 338. The molecular formula is C16H28O2. The van der Waals surface area contributed by atoms with Gasteiger partial charge in [-0.2, -0.15) is 0 Å². The molecule has 0 bridgehead atoms. The minimum absolute atomic E-state index is 0.0946. The van der Waals surface area contributed by atoms with Crippen molar-refractivity contribution < 1.29 is 10.2 Å². The Morgan fingerprint density at radius 3 is 2.61 bits per heavy atom. The summed E-state index contributed by atoms with van der Waals surface area (Å²) in [4.78, 5) is 0. The maximum absolute atomic E-state index is 10.3.